The minimum atomic E-state index is -4.04. The Bertz CT molecular complexity index is 1310. The van der Waals surface area contributed by atoms with Crippen molar-refractivity contribution in [1.82, 2.24) is 5.32 Å². The summed E-state index contributed by atoms with van der Waals surface area (Å²) in [6.07, 6.45) is 0. The molecule has 0 saturated heterocycles. The molecule has 0 heterocycles. The van der Waals surface area contributed by atoms with Gasteiger partial charge in [-0.15, -0.1) is 0 Å². The molecule has 35 heavy (non-hydrogen) atoms. The number of sulfonamides is 1. The molecule has 0 aliphatic carbocycles. The first kappa shape index (κ1) is 26.4. The van der Waals surface area contributed by atoms with Crippen LogP contribution in [0.15, 0.2) is 65.6 Å². The molecule has 7 nitrogen and oxygen atoms in total. The highest BCUT2D eigenvalue weighted by atomic mass is 35.5. The summed E-state index contributed by atoms with van der Waals surface area (Å²) in [5.41, 5.74) is 2.81. The lowest BCUT2D eigenvalue weighted by atomic mass is 10.1. The van der Waals surface area contributed by atoms with Crippen molar-refractivity contribution in [3.8, 4) is 11.5 Å². The average molecular weight is 517 g/mol. The van der Waals surface area contributed by atoms with Gasteiger partial charge in [0.25, 0.3) is 10.0 Å². The van der Waals surface area contributed by atoms with Crippen LogP contribution >= 0.6 is 11.6 Å². The number of methoxy groups -OCH3 is 2. The second-order valence-corrected chi connectivity index (χ2v) is 10.4. The Morgan fingerprint density at radius 3 is 2.23 bits per heavy atom. The van der Waals surface area contributed by atoms with E-state index in [0.29, 0.717) is 22.2 Å². The van der Waals surface area contributed by atoms with E-state index in [-0.39, 0.29) is 4.90 Å². The first-order chi connectivity index (χ1) is 16.6. The van der Waals surface area contributed by atoms with E-state index in [1.54, 1.807) is 56.5 Å². The number of carbonyl (C=O) groups is 1. The molecule has 9 heteroatoms. The molecule has 0 aliphatic heterocycles. The number of halogens is 1. The van der Waals surface area contributed by atoms with E-state index in [9.17, 15) is 13.2 Å². The second-order valence-electron chi connectivity index (χ2n) is 8.16. The summed E-state index contributed by atoms with van der Waals surface area (Å²) >= 11 is 6.28. The summed E-state index contributed by atoms with van der Waals surface area (Å²) in [5, 5.41) is 3.28. The number of aryl methyl sites for hydroxylation is 2. The van der Waals surface area contributed by atoms with Gasteiger partial charge in [0.15, 0.2) is 11.5 Å². The highest BCUT2D eigenvalue weighted by Gasteiger charge is 2.28. The van der Waals surface area contributed by atoms with Gasteiger partial charge >= 0.3 is 0 Å². The molecule has 0 aliphatic rings. The van der Waals surface area contributed by atoms with Crippen LogP contribution in [0.4, 0.5) is 5.69 Å². The molecule has 0 bridgehead atoms. The summed E-state index contributed by atoms with van der Waals surface area (Å²) in [5.74, 6) is 0.630. The van der Waals surface area contributed by atoms with Gasteiger partial charge in [-0.05, 0) is 68.3 Å². The van der Waals surface area contributed by atoms with E-state index < -0.39 is 28.5 Å². The first-order valence-corrected chi connectivity index (χ1v) is 12.8. The minimum absolute atomic E-state index is 0.0838. The van der Waals surface area contributed by atoms with Gasteiger partial charge in [0, 0.05) is 5.02 Å². The van der Waals surface area contributed by atoms with E-state index in [4.69, 9.17) is 21.1 Å². The molecule has 0 unspecified atom stereocenters. The van der Waals surface area contributed by atoms with Crippen LogP contribution in [0.3, 0.4) is 0 Å². The topological polar surface area (TPSA) is 84.9 Å². The van der Waals surface area contributed by atoms with Gasteiger partial charge in [0.05, 0.1) is 30.8 Å². The molecule has 3 aromatic carbocycles. The van der Waals surface area contributed by atoms with Crippen molar-refractivity contribution >= 4 is 33.2 Å². The quantitative estimate of drug-likeness (QED) is 0.430. The average Bonchev–Trinajstić information content (AvgIpc) is 2.84. The molecule has 0 spiro atoms. The van der Waals surface area contributed by atoms with Crippen LogP contribution in [0.25, 0.3) is 0 Å². The fourth-order valence-corrected chi connectivity index (χ4v) is 5.10. The lowest BCUT2D eigenvalue weighted by Gasteiger charge is -2.25. The van der Waals surface area contributed by atoms with Crippen LogP contribution < -0.4 is 19.1 Å². The molecule has 3 aromatic rings. The van der Waals surface area contributed by atoms with Crippen molar-refractivity contribution in [3.63, 3.8) is 0 Å². The number of anilines is 1. The smallest absolute Gasteiger partial charge is 0.264 e. The predicted octanol–water partition coefficient (Wildman–Crippen LogP) is 5.05. The maximum atomic E-state index is 13.6. The Morgan fingerprint density at radius 2 is 1.63 bits per heavy atom. The van der Waals surface area contributed by atoms with Gasteiger partial charge in [0.1, 0.15) is 6.54 Å². The maximum Gasteiger partial charge on any atom is 0.264 e. The largest absolute Gasteiger partial charge is 0.493 e. The lowest BCUT2D eigenvalue weighted by molar-refractivity contribution is -0.120. The van der Waals surface area contributed by atoms with Crippen molar-refractivity contribution in [3.05, 3.63) is 82.4 Å². The molecule has 1 atom stereocenters. The van der Waals surface area contributed by atoms with Crippen LogP contribution in [0, 0.1) is 13.8 Å². The molecule has 0 radical (unpaired) electrons. The number of nitrogens with one attached hydrogen (secondary N) is 1. The molecule has 1 N–H and O–H groups in total. The van der Waals surface area contributed by atoms with E-state index in [1.165, 1.54) is 19.2 Å². The van der Waals surface area contributed by atoms with Crippen molar-refractivity contribution in [1.29, 1.82) is 0 Å². The minimum Gasteiger partial charge on any atom is -0.493 e. The van der Waals surface area contributed by atoms with E-state index >= 15 is 0 Å². The Labute approximate surface area is 211 Å². The highest BCUT2D eigenvalue weighted by molar-refractivity contribution is 7.92. The van der Waals surface area contributed by atoms with Crippen LogP contribution in [-0.4, -0.2) is 35.1 Å². The fourth-order valence-electron chi connectivity index (χ4n) is 3.51. The van der Waals surface area contributed by atoms with Crippen molar-refractivity contribution < 1.29 is 22.7 Å². The van der Waals surface area contributed by atoms with Crippen molar-refractivity contribution in [2.45, 2.75) is 31.7 Å². The third-order valence-electron chi connectivity index (χ3n) is 5.62. The first-order valence-electron chi connectivity index (χ1n) is 10.9. The summed E-state index contributed by atoms with van der Waals surface area (Å²) in [6, 6.07) is 16.3. The number of hydrogen-bond acceptors (Lipinski definition) is 5. The highest BCUT2D eigenvalue weighted by Crippen LogP contribution is 2.31. The molecular formula is C26H29ClN2O5S. The third kappa shape index (κ3) is 6.07. The van der Waals surface area contributed by atoms with Gasteiger partial charge in [0.2, 0.25) is 5.91 Å². The van der Waals surface area contributed by atoms with Crippen molar-refractivity contribution in [2.24, 2.45) is 0 Å². The van der Waals surface area contributed by atoms with Gasteiger partial charge in [-0.3, -0.25) is 9.10 Å². The lowest BCUT2D eigenvalue weighted by Crippen LogP contribution is -2.41. The van der Waals surface area contributed by atoms with E-state index in [2.05, 4.69) is 5.32 Å². The number of rotatable bonds is 9. The monoisotopic (exact) mass is 516 g/mol. The molecule has 1 amide bonds. The molecule has 3 rings (SSSR count). The zero-order valence-corrected chi connectivity index (χ0v) is 21.9. The van der Waals surface area contributed by atoms with Crippen molar-refractivity contribution in [2.75, 3.05) is 25.1 Å². The van der Waals surface area contributed by atoms with E-state index in [1.807, 2.05) is 19.9 Å². The summed E-state index contributed by atoms with van der Waals surface area (Å²) in [4.78, 5) is 13.1. The molecule has 0 aromatic heterocycles. The van der Waals surface area contributed by atoms with Gasteiger partial charge < -0.3 is 14.8 Å². The Hall–Kier alpha value is -3.23. The Balaban J connectivity index is 1.90. The number of benzene rings is 3. The number of carbonyl (C=O) groups excluding carboxylic acids is 1. The molecule has 0 fully saturated rings. The predicted molar refractivity (Wildman–Crippen MR) is 138 cm³/mol. The maximum absolute atomic E-state index is 13.6. The third-order valence-corrected chi connectivity index (χ3v) is 7.82. The number of amides is 1. The number of nitrogens with zero attached hydrogens (tertiary/aromatic N) is 1. The van der Waals surface area contributed by atoms with Gasteiger partial charge in [-0.1, -0.05) is 41.4 Å². The van der Waals surface area contributed by atoms with Gasteiger partial charge in [-0.25, -0.2) is 8.42 Å². The number of hydrogen-bond donors (Lipinski definition) is 1. The Kier molecular flexibility index (Phi) is 8.30. The summed E-state index contributed by atoms with van der Waals surface area (Å²) in [6.45, 7) is 5.08. The fraction of sp³-hybridized carbons (Fsp3) is 0.269. The SMILES string of the molecule is COc1ccc([C@H](C)NC(=O)CN(c2ccc(C)c(Cl)c2)S(=O)(=O)c2ccc(C)cc2)cc1OC. The van der Waals surface area contributed by atoms with Crippen LogP contribution in [0.1, 0.15) is 29.7 Å². The Morgan fingerprint density at radius 1 is 0.971 bits per heavy atom. The molecule has 0 saturated carbocycles. The van der Waals surface area contributed by atoms with Crippen LogP contribution in [0.2, 0.25) is 5.02 Å². The summed E-state index contributed by atoms with van der Waals surface area (Å²) in [7, 11) is -0.960. The summed E-state index contributed by atoms with van der Waals surface area (Å²) < 4.78 is 38.8. The molecule has 186 valence electrons. The number of ether oxygens (including phenoxy) is 2. The van der Waals surface area contributed by atoms with Gasteiger partial charge in [-0.2, -0.15) is 0 Å². The zero-order chi connectivity index (χ0) is 25.8. The zero-order valence-electron chi connectivity index (χ0n) is 20.3. The molecular weight excluding hydrogens is 488 g/mol. The second kappa shape index (κ2) is 11.0. The normalized spacial score (nSPS) is 12.1. The van der Waals surface area contributed by atoms with Crippen LogP contribution in [0.5, 0.6) is 11.5 Å². The van der Waals surface area contributed by atoms with Crippen LogP contribution in [-0.2, 0) is 14.8 Å². The van der Waals surface area contributed by atoms with E-state index in [0.717, 1.165) is 21.0 Å². The standard InChI is InChI=1S/C26H29ClN2O5S/c1-17-6-11-22(12-7-17)35(31,32)29(21-10-8-18(2)23(27)15-21)16-26(30)28-19(3)20-9-13-24(33-4)25(14-20)34-5/h6-15,19H,16H2,1-5H3,(H,28,30)/t19-/m0/s1.